The molecule has 0 spiro atoms. The number of phenols is 1. The first-order valence-corrected chi connectivity index (χ1v) is 13.4. The molecular weight excluding hydrogens is 532 g/mol. The Morgan fingerprint density at radius 2 is 1.93 bits per heavy atom. The third-order valence-corrected chi connectivity index (χ3v) is 7.61. The van der Waals surface area contributed by atoms with Gasteiger partial charge in [-0.15, -0.1) is 0 Å². The Bertz CT molecular complexity index is 1840. The zero-order valence-corrected chi connectivity index (χ0v) is 22.4. The lowest BCUT2D eigenvalue weighted by Gasteiger charge is -2.26. The fourth-order valence-electron chi connectivity index (χ4n) is 4.80. The highest BCUT2D eigenvalue weighted by Crippen LogP contribution is 2.40. The SMILES string of the molecule is CCOC(=O)C1=C(c2ccccc2)N=c2s/c(=C\c3cccc(OC)c3O)c(=O)n2[C@@H]1c1ccc2c(c1)OCO2. The van der Waals surface area contributed by atoms with Gasteiger partial charge < -0.3 is 24.1 Å². The molecule has 0 aliphatic carbocycles. The first-order valence-electron chi connectivity index (χ1n) is 12.5. The third kappa shape index (κ3) is 4.32. The van der Waals surface area contributed by atoms with Crippen molar-refractivity contribution in [3.05, 3.63) is 109 Å². The number of aromatic hydroxyl groups is 1. The van der Waals surface area contributed by atoms with Crippen LogP contribution in [0, 0.1) is 0 Å². The second kappa shape index (κ2) is 10.4. The molecule has 3 heterocycles. The van der Waals surface area contributed by atoms with Crippen LogP contribution in [0.4, 0.5) is 0 Å². The summed E-state index contributed by atoms with van der Waals surface area (Å²) in [6, 6.07) is 18.8. The molecule has 6 rings (SSSR count). The Labute approximate surface area is 232 Å². The Balaban J connectivity index is 1.65. The maximum Gasteiger partial charge on any atom is 0.338 e. The van der Waals surface area contributed by atoms with E-state index in [1.807, 2.05) is 30.3 Å². The minimum absolute atomic E-state index is 0.0830. The van der Waals surface area contributed by atoms with Gasteiger partial charge >= 0.3 is 5.97 Å². The molecule has 0 unspecified atom stereocenters. The molecule has 0 amide bonds. The molecule has 0 radical (unpaired) electrons. The lowest BCUT2D eigenvalue weighted by molar-refractivity contribution is -0.138. The average Bonchev–Trinajstić information content (AvgIpc) is 3.57. The van der Waals surface area contributed by atoms with Crippen molar-refractivity contribution >= 4 is 29.1 Å². The smallest absolute Gasteiger partial charge is 0.338 e. The maximum absolute atomic E-state index is 14.0. The first-order chi connectivity index (χ1) is 19.5. The third-order valence-electron chi connectivity index (χ3n) is 6.62. The maximum atomic E-state index is 14.0. The van der Waals surface area contributed by atoms with E-state index in [9.17, 15) is 14.7 Å². The molecule has 2 aliphatic rings. The average molecular weight is 557 g/mol. The van der Waals surface area contributed by atoms with E-state index < -0.39 is 12.0 Å². The van der Waals surface area contributed by atoms with Gasteiger partial charge in [0.25, 0.3) is 5.56 Å². The number of carbonyl (C=O) groups is 1. The van der Waals surface area contributed by atoms with Gasteiger partial charge in [-0.2, -0.15) is 0 Å². The number of ether oxygens (including phenoxy) is 4. The van der Waals surface area contributed by atoms with Crippen LogP contribution >= 0.6 is 11.3 Å². The van der Waals surface area contributed by atoms with Crippen LogP contribution in [0.15, 0.2) is 82.1 Å². The van der Waals surface area contributed by atoms with Crippen LogP contribution in [0.1, 0.15) is 29.7 Å². The molecule has 10 heteroatoms. The molecule has 2 aliphatic heterocycles. The monoisotopic (exact) mass is 556 g/mol. The van der Waals surface area contributed by atoms with Gasteiger partial charge in [-0.1, -0.05) is 59.9 Å². The quantitative estimate of drug-likeness (QED) is 0.363. The summed E-state index contributed by atoms with van der Waals surface area (Å²) in [5.41, 5.74) is 2.03. The molecule has 9 nitrogen and oxygen atoms in total. The minimum Gasteiger partial charge on any atom is -0.504 e. The van der Waals surface area contributed by atoms with Gasteiger partial charge in [-0.25, -0.2) is 9.79 Å². The Morgan fingerprint density at radius 1 is 1.12 bits per heavy atom. The number of esters is 1. The predicted octanol–water partition coefficient (Wildman–Crippen LogP) is 3.38. The van der Waals surface area contributed by atoms with E-state index in [0.29, 0.717) is 43.2 Å². The standard InChI is InChI=1S/C30H24N2O7S/c1-3-37-29(35)24-25(17-8-5-4-6-9-17)31-30-32(26(24)18-12-13-20-22(14-18)39-16-38-20)28(34)23(40-30)15-19-10-7-11-21(36-2)27(19)33/h4-15,26,33H,3,16H2,1-2H3/b23-15-/t26-/m1/s1. The number of carbonyl (C=O) groups excluding carboxylic acids is 1. The molecule has 0 saturated carbocycles. The Hall–Kier alpha value is -4.83. The van der Waals surface area contributed by atoms with E-state index in [2.05, 4.69) is 0 Å². The van der Waals surface area contributed by atoms with E-state index >= 15 is 0 Å². The van der Waals surface area contributed by atoms with Crippen molar-refractivity contribution in [2.75, 3.05) is 20.5 Å². The lowest BCUT2D eigenvalue weighted by atomic mass is 9.93. The summed E-state index contributed by atoms with van der Waals surface area (Å²) in [6.07, 6.45) is 1.59. The normalized spacial score (nSPS) is 15.9. The highest BCUT2D eigenvalue weighted by Gasteiger charge is 2.36. The van der Waals surface area contributed by atoms with Crippen LogP contribution in [-0.4, -0.2) is 36.2 Å². The number of aromatic nitrogens is 1. The number of rotatable bonds is 6. The van der Waals surface area contributed by atoms with Gasteiger partial charge in [0.2, 0.25) is 6.79 Å². The lowest BCUT2D eigenvalue weighted by Crippen LogP contribution is -2.40. The van der Waals surface area contributed by atoms with Gasteiger partial charge in [0.15, 0.2) is 27.8 Å². The number of phenolic OH excluding ortho intramolecular Hbond substituents is 1. The van der Waals surface area contributed by atoms with Crippen LogP contribution in [0.2, 0.25) is 0 Å². The minimum atomic E-state index is -0.860. The number of hydrogen-bond donors (Lipinski definition) is 1. The molecule has 1 aromatic heterocycles. The second-order valence-corrected chi connectivity index (χ2v) is 9.95. The number of methoxy groups -OCH3 is 1. The summed E-state index contributed by atoms with van der Waals surface area (Å²) < 4.78 is 23.6. The predicted molar refractivity (Wildman–Crippen MR) is 148 cm³/mol. The molecule has 3 aromatic carbocycles. The fraction of sp³-hybridized carbons (Fsp3) is 0.167. The summed E-state index contributed by atoms with van der Waals surface area (Å²) in [7, 11) is 1.46. The molecule has 0 bridgehead atoms. The van der Waals surface area contributed by atoms with E-state index in [-0.39, 0.29) is 36.0 Å². The highest BCUT2D eigenvalue weighted by atomic mass is 32.1. The van der Waals surface area contributed by atoms with Crippen molar-refractivity contribution in [1.29, 1.82) is 0 Å². The van der Waals surface area contributed by atoms with Crippen molar-refractivity contribution < 1.29 is 28.8 Å². The Kier molecular flexibility index (Phi) is 6.61. The zero-order valence-electron chi connectivity index (χ0n) is 21.6. The van der Waals surface area contributed by atoms with Crippen LogP contribution in [-0.2, 0) is 9.53 Å². The van der Waals surface area contributed by atoms with Gasteiger partial charge in [0.05, 0.1) is 35.6 Å². The van der Waals surface area contributed by atoms with E-state index in [1.165, 1.54) is 11.7 Å². The molecule has 1 N–H and O–H groups in total. The number of fused-ring (bicyclic) bond motifs is 2. The number of thiazole rings is 1. The molecular formula is C30H24N2O7S. The number of benzene rings is 3. The van der Waals surface area contributed by atoms with Gasteiger partial charge in [0.1, 0.15) is 0 Å². The second-order valence-electron chi connectivity index (χ2n) is 8.94. The van der Waals surface area contributed by atoms with E-state index in [1.54, 1.807) is 49.4 Å². The summed E-state index contributed by atoms with van der Waals surface area (Å²) >= 11 is 1.16. The van der Waals surface area contributed by atoms with Gasteiger partial charge in [-0.3, -0.25) is 9.36 Å². The first kappa shape index (κ1) is 25.4. The summed E-state index contributed by atoms with van der Waals surface area (Å²) in [4.78, 5) is 32.8. The molecule has 0 saturated heterocycles. The molecule has 1 atom stereocenters. The number of para-hydroxylation sites is 1. The van der Waals surface area contributed by atoms with E-state index in [0.717, 1.165) is 11.3 Å². The highest BCUT2D eigenvalue weighted by molar-refractivity contribution is 7.07. The van der Waals surface area contributed by atoms with Crippen LogP contribution in [0.5, 0.6) is 23.0 Å². The van der Waals surface area contributed by atoms with E-state index in [4.69, 9.17) is 23.9 Å². The van der Waals surface area contributed by atoms with Crippen molar-refractivity contribution in [1.82, 2.24) is 4.57 Å². The van der Waals surface area contributed by atoms with Gasteiger partial charge in [-0.05, 0) is 36.8 Å². The number of nitrogens with zero attached hydrogens (tertiary/aromatic N) is 2. The zero-order chi connectivity index (χ0) is 27.8. The van der Waals surface area contributed by atoms with Crippen molar-refractivity contribution in [2.24, 2.45) is 4.99 Å². The van der Waals surface area contributed by atoms with Crippen LogP contribution in [0.25, 0.3) is 11.8 Å². The van der Waals surface area contributed by atoms with Crippen LogP contribution in [0.3, 0.4) is 0 Å². The summed E-state index contributed by atoms with van der Waals surface area (Å²) in [5, 5.41) is 10.6. The number of hydrogen-bond acceptors (Lipinski definition) is 9. The molecule has 4 aromatic rings. The topological polar surface area (TPSA) is 109 Å². The van der Waals surface area contributed by atoms with Crippen molar-refractivity contribution in [3.8, 4) is 23.0 Å². The van der Waals surface area contributed by atoms with Gasteiger partial charge in [0, 0.05) is 11.1 Å². The van der Waals surface area contributed by atoms with Crippen molar-refractivity contribution in [3.63, 3.8) is 0 Å². The summed E-state index contributed by atoms with van der Waals surface area (Å²) in [6.45, 7) is 1.96. The molecule has 202 valence electrons. The summed E-state index contributed by atoms with van der Waals surface area (Å²) in [5.74, 6) is 0.723. The molecule has 40 heavy (non-hydrogen) atoms. The molecule has 0 fully saturated rings. The van der Waals surface area contributed by atoms with Crippen LogP contribution < -0.4 is 29.1 Å². The van der Waals surface area contributed by atoms with Crippen molar-refractivity contribution in [2.45, 2.75) is 13.0 Å². The largest absolute Gasteiger partial charge is 0.504 e. The Morgan fingerprint density at radius 3 is 2.70 bits per heavy atom. The fourth-order valence-corrected chi connectivity index (χ4v) is 5.79.